The molecule has 2 N–H and O–H groups in total. The number of hydrogen-bond donors (Lipinski definition) is 2. The molecule has 0 aliphatic heterocycles. The van der Waals surface area contributed by atoms with E-state index >= 15 is 0 Å². The second-order valence-corrected chi connectivity index (χ2v) is 6.66. The van der Waals surface area contributed by atoms with Crippen LogP contribution < -0.4 is 10.1 Å². The topological polar surface area (TPSA) is 71.7 Å². The molecule has 0 fully saturated rings. The molecule has 0 saturated heterocycles. The Morgan fingerprint density at radius 1 is 1.19 bits per heavy atom. The molecular weight excluding hydrogens is 398 g/mol. The molecule has 0 atom stereocenters. The number of benzene rings is 2. The number of halogens is 1. The number of methoxy groups -OCH3 is 1. The van der Waals surface area contributed by atoms with Crippen molar-refractivity contribution in [3.8, 4) is 17.1 Å². The Morgan fingerprint density at radius 3 is 2.69 bits per heavy atom. The van der Waals surface area contributed by atoms with Crippen molar-refractivity contribution < 1.29 is 19.1 Å². The second kappa shape index (κ2) is 7.66. The van der Waals surface area contributed by atoms with Gasteiger partial charge in [0.1, 0.15) is 17.3 Å². The third-order valence-electron chi connectivity index (χ3n) is 4.00. The van der Waals surface area contributed by atoms with Crippen molar-refractivity contribution in [1.82, 2.24) is 0 Å². The van der Waals surface area contributed by atoms with Crippen molar-refractivity contribution in [2.24, 2.45) is 0 Å². The minimum atomic E-state index is -0.985. The highest BCUT2D eigenvalue weighted by atomic mass is 79.9. The average molecular weight is 416 g/mol. The molecule has 5 nitrogen and oxygen atoms in total. The summed E-state index contributed by atoms with van der Waals surface area (Å²) in [6.45, 7) is 2.44. The summed E-state index contributed by atoms with van der Waals surface area (Å²) in [7, 11) is 1.54. The molecule has 0 bridgehead atoms. The number of rotatable bonds is 6. The summed E-state index contributed by atoms with van der Waals surface area (Å²) >= 11 is 3.49. The fourth-order valence-corrected chi connectivity index (χ4v) is 2.83. The molecule has 0 radical (unpaired) electrons. The summed E-state index contributed by atoms with van der Waals surface area (Å²) in [5, 5.41) is 12.3. The molecule has 1 aromatic heterocycles. The van der Waals surface area contributed by atoms with Crippen LogP contribution >= 0.6 is 15.9 Å². The van der Waals surface area contributed by atoms with E-state index in [1.54, 1.807) is 19.2 Å². The molecule has 3 aromatic rings. The third kappa shape index (κ3) is 3.91. The third-order valence-corrected chi connectivity index (χ3v) is 4.89. The van der Waals surface area contributed by atoms with E-state index < -0.39 is 5.97 Å². The van der Waals surface area contributed by atoms with Gasteiger partial charge in [-0.25, -0.2) is 4.79 Å². The van der Waals surface area contributed by atoms with Crippen LogP contribution in [0, 0.1) is 6.92 Å². The molecule has 134 valence electrons. The predicted octanol–water partition coefficient (Wildman–Crippen LogP) is 5.34. The van der Waals surface area contributed by atoms with Crippen LogP contribution in [-0.2, 0) is 6.54 Å². The highest BCUT2D eigenvalue weighted by Crippen LogP contribution is 2.29. The SMILES string of the molecule is COc1ccc(C(=O)O)cc1NCc1ccc(-c2ccc(Br)c(C)c2)o1. The number of ether oxygens (including phenoxy) is 1. The Bertz CT molecular complexity index is 949. The van der Waals surface area contributed by atoms with Gasteiger partial charge in [0.25, 0.3) is 0 Å². The lowest BCUT2D eigenvalue weighted by molar-refractivity contribution is 0.0697. The standard InChI is InChI=1S/C20H18BrNO4/c1-12-9-13(3-6-16(12)21)18-8-5-15(26-18)11-22-17-10-14(20(23)24)4-7-19(17)25-2/h3-10,22H,11H2,1-2H3,(H,23,24). The Morgan fingerprint density at radius 2 is 2.00 bits per heavy atom. The van der Waals surface area contributed by atoms with Gasteiger partial charge in [-0.3, -0.25) is 0 Å². The van der Waals surface area contributed by atoms with Crippen molar-refractivity contribution in [1.29, 1.82) is 0 Å². The Kier molecular flexibility index (Phi) is 5.32. The van der Waals surface area contributed by atoms with Gasteiger partial charge < -0.3 is 19.6 Å². The van der Waals surface area contributed by atoms with Gasteiger partial charge in [-0.1, -0.05) is 22.0 Å². The number of carbonyl (C=O) groups is 1. The molecule has 0 spiro atoms. The van der Waals surface area contributed by atoms with Crippen molar-refractivity contribution in [3.05, 3.63) is 69.9 Å². The number of carboxylic acids is 1. The quantitative estimate of drug-likeness (QED) is 0.568. The summed E-state index contributed by atoms with van der Waals surface area (Å²) in [5.74, 6) is 1.11. The van der Waals surface area contributed by atoms with E-state index in [4.69, 9.17) is 14.3 Å². The molecule has 0 unspecified atom stereocenters. The maximum absolute atomic E-state index is 11.1. The molecule has 0 aliphatic carbocycles. The lowest BCUT2D eigenvalue weighted by atomic mass is 10.1. The molecule has 2 aromatic carbocycles. The maximum atomic E-state index is 11.1. The van der Waals surface area contributed by atoms with E-state index in [0.717, 1.165) is 27.1 Å². The average Bonchev–Trinajstić information content (AvgIpc) is 3.11. The highest BCUT2D eigenvalue weighted by Gasteiger charge is 2.11. The van der Waals surface area contributed by atoms with Crippen molar-refractivity contribution >= 4 is 27.6 Å². The van der Waals surface area contributed by atoms with Crippen molar-refractivity contribution in [2.45, 2.75) is 13.5 Å². The van der Waals surface area contributed by atoms with Crippen molar-refractivity contribution in [3.63, 3.8) is 0 Å². The van der Waals surface area contributed by atoms with E-state index in [2.05, 4.69) is 27.3 Å². The fourth-order valence-electron chi connectivity index (χ4n) is 2.59. The van der Waals surface area contributed by atoms with Crippen LogP contribution in [0.4, 0.5) is 5.69 Å². The first-order valence-electron chi connectivity index (χ1n) is 7.98. The van der Waals surface area contributed by atoms with Gasteiger partial charge in [-0.05, 0) is 55.0 Å². The lowest BCUT2D eigenvalue weighted by Gasteiger charge is -2.11. The largest absolute Gasteiger partial charge is 0.495 e. The van der Waals surface area contributed by atoms with Crippen molar-refractivity contribution in [2.75, 3.05) is 12.4 Å². The van der Waals surface area contributed by atoms with Crippen LogP contribution in [0.3, 0.4) is 0 Å². The Balaban J connectivity index is 1.77. The lowest BCUT2D eigenvalue weighted by Crippen LogP contribution is -2.03. The molecule has 26 heavy (non-hydrogen) atoms. The first-order chi connectivity index (χ1) is 12.5. The van der Waals surface area contributed by atoms with Gasteiger partial charge in [-0.15, -0.1) is 0 Å². The fraction of sp³-hybridized carbons (Fsp3) is 0.150. The van der Waals surface area contributed by atoms with Crippen LogP contribution in [0.5, 0.6) is 5.75 Å². The van der Waals surface area contributed by atoms with Crippen LogP contribution in [0.2, 0.25) is 0 Å². The monoisotopic (exact) mass is 415 g/mol. The summed E-state index contributed by atoms with van der Waals surface area (Å²) in [6, 6.07) is 14.5. The van der Waals surface area contributed by atoms with Crippen LogP contribution in [-0.4, -0.2) is 18.2 Å². The predicted molar refractivity (Wildman–Crippen MR) is 104 cm³/mol. The highest BCUT2D eigenvalue weighted by molar-refractivity contribution is 9.10. The van der Waals surface area contributed by atoms with Gasteiger partial charge in [0.15, 0.2) is 0 Å². The van der Waals surface area contributed by atoms with E-state index in [0.29, 0.717) is 18.0 Å². The zero-order chi connectivity index (χ0) is 18.7. The number of nitrogens with one attached hydrogen (secondary N) is 1. The molecular formula is C20H18BrNO4. The van der Waals surface area contributed by atoms with Gasteiger partial charge >= 0.3 is 5.97 Å². The van der Waals surface area contributed by atoms with Gasteiger partial charge in [-0.2, -0.15) is 0 Å². The van der Waals surface area contributed by atoms with Crippen LogP contribution in [0.1, 0.15) is 21.7 Å². The molecule has 3 rings (SSSR count). The smallest absolute Gasteiger partial charge is 0.335 e. The zero-order valence-electron chi connectivity index (χ0n) is 14.4. The number of anilines is 1. The number of aryl methyl sites for hydroxylation is 1. The van der Waals surface area contributed by atoms with E-state index in [9.17, 15) is 4.79 Å². The Hall–Kier alpha value is -2.73. The number of carboxylic acid groups (broad SMARTS) is 1. The van der Waals surface area contributed by atoms with Crippen LogP contribution in [0.15, 0.2) is 57.4 Å². The second-order valence-electron chi connectivity index (χ2n) is 5.80. The van der Waals surface area contributed by atoms with E-state index in [1.807, 2.05) is 31.2 Å². The van der Waals surface area contributed by atoms with Gasteiger partial charge in [0.2, 0.25) is 0 Å². The van der Waals surface area contributed by atoms with Gasteiger partial charge in [0, 0.05) is 10.0 Å². The maximum Gasteiger partial charge on any atom is 0.335 e. The van der Waals surface area contributed by atoms with E-state index in [-0.39, 0.29) is 5.56 Å². The van der Waals surface area contributed by atoms with Gasteiger partial charge in [0.05, 0.1) is 24.9 Å². The minimum absolute atomic E-state index is 0.193. The molecule has 6 heteroatoms. The molecule has 0 amide bonds. The molecule has 1 heterocycles. The van der Waals surface area contributed by atoms with E-state index in [1.165, 1.54) is 6.07 Å². The Labute approximate surface area is 159 Å². The normalized spacial score (nSPS) is 10.6. The molecule has 0 saturated carbocycles. The summed E-state index contributed by atoms with van der Waals surface area (Å²) in [4.78, 5) is 11.1. The zero-order valence-corrected chi connectivity index (χ0v) is 16.0. The number of aromatic carboxylic acids is 1. The first kappa shape index (κ1) is 18.1. The summed E-state index contributed by atoms with van der Waals surface area (Å²) in [6.07, 6.45) is 0. The summed E-state index contributed by atoms with van der Waals surface area (Å²) < 4.78 is 12.2. The first-order valence-corrected chi connectivity index (χ1v) is 8.77. The number of hydrogen-bond acceptors (Lipinski definition) is 4. The minimum Gasteiger partial charge on any atom is -0.495 e. The number of furan rings is 1. The van der Waals surface area contributed by atoms with Crippen LogP contribution in [0.25, 0.3) is 11.3 Å². The molecule has 0 aliphatic rings. The summed E-state index contributed by atoms with van der Waals surface area (Å²) in [5.41, 5.74) is 2.93.